The first-order chi connectivity index (χ1) is 9.75. The molecule has 2 atom stereocenters. The van der Waals surface area contributed by atoms with Gasteiger partial charge in [0.15, 0.2) is 11.6 Å². The van der Waals surface area contributed by atoms with Gasteiger partial charge < -0.3 is 0 Å². The van der Waals surface area contributed by atoms with E-state index in [1.165, 1.54) is 0 Å². The molecular formula is C18H14O2. The molecule has 0 N–H and O–H groups in total. The van der Waals surface area contributed by atoms with Crippen LogP contribution >= 0.6 is 0 Å². The van der Waals surface area contributed by atoms with Crippen molar-refractivity contribution in [3.8, 4) is 0 Å². The van der Waals surface area contributed by atoms with E-state index in [1.807, 2.05) is 48.5 Å². The van der Waals surface area contributed by atoms with E-state index in [0.29, 0.717) is 12.8 Å². The fourth-order valence-electron chi connectivity index (χ4n) is 3.59. The number of rotatable bonds is 0. The SMILES string of the molecule is O=C1c2ccccc2CC2C(=O)c3ccccc3CC12. The van der Waals surface area contributed by atoms with Gasteiger partial charge in [0.05, 0.1) is 0 Å². The van der Waals surface area contributed by atoms with Crippen LogP contribution in [-0.2, 0) is 12.8 Å². The highest BCUT2D eigenvalue weighted by molar-refractivity contribution is 6.09. The number of carbonyl (C=O) groups is 2. The second kappa shape index (κ2) is 4.14. The summed E-state index contributed by atoms with van der Waals surface area (Å²) in [5, 5.41) is 0. The minimum absolute atomic E-state index is 0.139. The summed E-state index contributed by atoms with van der Waals surface area (Å²) in [5.74, 6) is -0.0704. The number of Topliss-reactive ketones (excluding diaryl/α,β-unsaturated/α-hetero) is 2. The lowest BCUT2D eigenvalue weighted by molar-refractivity contribution is 0.0726. The van der Waals surface area contributed by atoms with Gasteiger partial charge in [0.25, 0.3) is 0 Å². The Bertz CT molecular complexity index is 666. The van der Waals surface area contributed by atoms with Crippen LogP contribution in [0.4, 0.5) is 0 Å². The molecule has 98 valence electrons. The summed E-state index contributed by atoms with van der Waals surface area (Å²) in [6, 6.07) is 15.4. The molecule has 2 aliphatic carbocycles. The summed E-state index contributed by atoms with van der Waals surface area (Å²) in [7, 11) is 0. The highest BCUT2D eigenvalue weighted by Gasteiger charge is 2.43. The van der Waals surface area contributed by atoms with Gasteiger partial charge in [0, 0.05) is 23.0 Å². The number of hydrogen-bond donors (Lipinski definition) is 0. The minimum Gasteiger partial charge on any atom is -0.294 e. The van der Waals surface area contributed by atoms with Crippen molar-refractivity contribution < 1.29 is 9.59 Å². The highest BCUT2D eigenvalue weighted by atomic mass is 16.1. The molecule has 0 spiro atoms. The van der Waals surface area contributed by atoms with Gasteiger partial charge in [0.2, 0.25) is 0 Å². The smallest absolute Gasteiger partial charge is 0.167 e. The van der Waals surface area contributed by atoms with Crippen LogP contribution in [0.3, 0.4) is 0 Å². The van der Waals surface area contributed by atoms with Crippen molar-refractivity contribution >= 4 is 11.6 Å². The largest absolute Gasteiger partial charge is 0.294 e. The topological polar surface area (TPSA) is 34.1 Å². The molecule has 2 nitrogen and oxygen atoms in total. The van der Waals surface area contributed by atoms with Gasteiger partial charge >= 0.3 is 0 Å². The molecular weight excluding hydrogens is 248 g/mol. The maximum atomic E-state index is 12.7. The molecule has 0 aromatic heterocycles. The van der Waals surface area contributed by atoms with Crippen LogP contribution < -0.4 is 0 Å². The first-order valence-corrected chi connectivity index (χ1v) is 7.00. The summed E-state index contributed by atoms with van der Waals surface area (Å²) in [6.07, 6.45) is 1.39. The predicted octanol–water partition coefficient (Wildman–Crippen LogP) is 3.10. The molecule has 2 aromatic rings. The average Bonchev–Trinajstić information content (AvgIpc) is 2.49. The average molecular weight is 262 g/mol. The Hall–Kier alpha value is -2.22. The van der Waals surface area contributed by atoms with Crippen LogP contribution in [0.2, 0.25) is 0 Å². The van der Waals surface area contributed by atoms with E-state index in [9.17, 15) is 9.59 Å². The van der Waals surface area contributed by atoms with E-state index in [-0.39, 0.29) is 23.4 Å². The third kappa shape index (κ3) is 1.51. The molecule has 0 saturated carbocycles. The summed E-state index contributed by atoms with van der Waals surface area (Å²) < 4.78 is 0. The molecule has 0 heterocycles. The van der Waals surface area contributed by atoms with Gasteiger partial charge in [-0.15, -0.1) is 0 Å². The zero-order valence-corrected chi connectivity index (χ0v) is 11.0. The fraction of sp³-hybridized carbons (Fsp3) is 0.222. The number of carbonyl (C=O) groups excluding carboxylic acids is 2. The highest BCUT2D eigenvalue weighted by Crippen LogP contribution is 2.38. The van der Waals surface area contributed by atoms with Gasteiger partial charge in [0.1, 0.15) is 0 Å². The first-order valence-electron chi connectivity index (χ1n) is 7.00. The fourth-order valence-corrected chi connectivity index (χ4v) is 3.59. The number of hydrogen-bond acceptors (Lipinski definition) is 2. The summed E-state index contributed by atoms with van der Waals surface area (Å²) >= 11 is 0. The summed E-state index contributed by atoms with van der Waals surface area (Å²) in [4.78, 5) is 25.3. The van der Waals surface area contributed by atoms with Crippen molar-refractivity contribution in [1.82, 2.24) is 0 Å². The third-order valence-electron chi connectivity index (χ3n) is 4.60. The number of ketones is 2. The lowest BCUT2D eigenvalue weighted by atomic mass is 9.66. The Morgan fingerprint density at radius 2 is 1.05 bits per heavy atom. The Morgan fingerprint density at radius 3 is 1.50 bits per heavy atom. The second-order valence-corrected chi connectivity index (χ2v) is 5.66. The lowest BCUT2D eigenvalue weighted by Gasteiger charge is -2.35. The van der Waals surface area contributed by atoms with Crippen LogP contribution in [0.25, 0.3) is 0 Å². The molecule has 4 rings (SSSR count). The standard InChI is InChI=1S/C18H14O2/c19-17-13-7-3-1-5-11(13)9-15-16(17)10-12-6-2-4-8-14(12)18(15)20/h1-8,15-16H,9-10H2. The van der Waals surface area contributed by atoms with Crippen molar-refractivity contribution in [2.75, 3.05) is 0 Å². The second-order valence-electron chi connectivity index (χ2n) is 5.66. The minimum atomic E-state index is -0.174. The Labute approximate surface area is 117 Å². The normalized spacial score (nSPS) is 23.8. The van der Waals surface area contributed by atoms with Gasteiger partial charge in [-0.05, 0) is 24.0 Å². The van der Waals surface area contributed by atoms with Crippen LogP contribution in [0.5, 0.6) is 0 Å². The van der Waals surface area contributed by atoms with Crippen molar-refractivity contribution in [1.29, 1.82) is 0 Å². The predicted molar refractivity (Wildman–Crippen MR) is 75.9 cm³/mol. The molecule has 0 radical (unpaired) electrons. The quantitative estimate of drug-likeness (QED) is 0.731. The summed E-state index contributed by atoms with van der Waals surface area (Å²) in [6.45, 7) is 0. The van der Waals surface area contributed by atoms with Gasteiger partial charge in [-0.1, -0.05) is 48.5 Å². The van der Waals surface area contributed by atoms with Gasteiger partial charge in [-0.3, -0.25) is 9.59 Å². The molecule has 0 bridgehead atoms. The van der Waals surface area contributed by atoms with E-state index in [4.69, 9.17) is 0 Å². The van der Waals surface area contributed by atoms with Gasteiger partial charge in [-0.2, -0.15) is 0 Å². The van der Waals surface area contributed by atoms with E-state index < -0.39 is 0 Å². The van der Waals surface area contributed by atoms with E-state index in [2.05, 4.69) is 0 Å². The lowest BCUT2D eigenvalue weighted by Crippen LogP contribution is -2.41. The zero-order valence-electron chi connectivity index (χ0n) is 11.0. The van der Waals surface area contributed by atoms with Crippen molar-refractivity contribution in [3.05, 3.63) is 70.8 Å². The molecule has 2 heteroatoms. The van der Waals surface area contributed by atoms with Crippen LogP contribution in [0.15, 0.2) is 48.5 Å². The third-order valence-corrected chi connectivity index (χ3v) is 4.60. The molecule has 2 unspecified atom stereocenters. The maximum Gasteiger partial charge on any atom is 0.167 e. The molecule has 0 amide bonds. The van der Waals surface area contributed by atoms with Crippen molar-refractivity contribution in [2.45, 2.75) is 12.8 Å². The monoisotopic (exact) mass is 262 g/mol. The molecule has 2 aliphatic rings. The van der Waals surface area contributed by atoms with Gasteiger partial charge in [-0.25, -0.2) is 0 Å². The van der Waals surface area contributed by atoms with Crippen LogP contribution in [0.1, 0.15) is 31.8 Å². The molecule has 0 fully saturated rings. The van der Waals surface area contributed by atoms with Crippen molar-refractivity contribution in [3.63, 3.8) is 0 Å². The first kappa shape index (κ1) is 11.6. The molecule has 0 saturated heterocycles. The summed E-state index contributed by atoms with van der Waals surface area (Å²) in [5.41, 5.74) is 3.65. The Morgan fingerprint density at radius 1 is 0.650 bits per heavy atom. The molecule has 2 aromatic carbocycles. The van der Waals surface area contributed by atoms with Crippen LogP contribution in [0, 0.1) is 11.8 Å². The Kier molecular flexibility index (Phi) is 2.40. The molecule has 20 heavy (non-hydrogen) atoms. The molecule has 0 aliphatic heterocycles. The van der Waals surface area contributed by atoms with Crippen LogP contribution in [-0.4, -0.2) is 11.6 Å². The van der Waals surface area contributed by atoms with E-state index in [1.54, 1.807) is 0 Å². The zero-order chi connectivity index (χ0) is 13.7. The van der Waals surface area contributed by atoms with Crippen molar-refractivity contribution in [2.24, 2.45) is 11.8 Å². The number of fused-ring (bicyclic) bond motifs is 3. The van der Waals surface area contributed by atoms with E-state index >= 15 is 0 Å². The van der Waals surface area contributed by atoms with E-state index in [0.717, 1.165) is 22.3 Å². The number of benzene rings is 2. The Balaban J connectivity index is 1.84. The maximum absolute atomic E-state index is 12.7.